The van der Waals surface area contributed by atoms with E-state index in [0.29, 0.717) is 15.0 Å². The van der Waals surface area contributed by atoms with Crippen LogP contribution in [0.2, 0.25) is 9.63 Å². The summed E-state index contributed by atoms with van der Waals surface area (Å²) in [6.45, 7) is 6.40. The number of methoxy groups -OCH3 is 2. The molecule has 0 heterocycles. The molecular weight excluding hydrogens is 279 g/mol. The molecule has 17 heavy (non-hydrogen) atoms. The van der Waals surface area contributed by atoms with Gasteiger partial charge in [0.1, 0.15) is 0 Å². The molecule has 0 N–H and O–H groups in total. The Balaban J connectivity index is 4.02. The third-order valence-corrected chi connectivity index (χ3v) is 6.02. The zero-order valence-corrected chi connectivity index (χ0v) is 13.7. The number of unbranched alkanes of at least 4 members (excludes halogenated alkanes) is 2. The van der Waals surface area contributed by atoms with Crippen molar-refractivity contribution >= 4 is 15.0 Å². The van der Waals surface area contributed by atoms with E-state index in [1.54, 1.807) is 0 Å². The zero-order chi connectivity index (χ0) is 12.9. The quantitative estimate of drug-likeness (QED) is 0.508. The van der Waals surface area contributed by atoms with Crippen molar-refractivity contribution in [1.82, 2.24) is 0 Å². The van der Waals surface area contributed by atoms with E-state index >= 15 is 0 Å². The predicted molar refractivity (Wildman–Crippen MR) is 76.1 cm³/mol. The van der Waals surface area contributed by atoms with Crippen LogP contribution in [0.3, 0.4) is 0 Å². The third-order valence-electron chi connectivity index (χ3n) is 2.85. The van der Waals surface area contributed by atoms with Crippen molar-refractivity contribution in [3.05, 3.63) is 0 Å². The van der Waals surface area contributed by atoms with Gasteiger partial charge in [0.05, 0.1) is 0 Å². The Labute approximate surface area is 114 Å². The van der Waals surface area contributed by atoms with Gasteiger partial charge in [0.25, 0.3) is 0 Å². The molecule has 0 fully saturated rings. The van der Waals surface area contributed by atoms with Gasteiger partial charge in [0.2, 0.25) is 0 Å². The summed E-state index contributed by atoms with van der Waals surface area (Å²) in [5.41, 5.74) is 0. The molecule has 0 aliphatic rings. The van der Waals surface area contributed by atoms with E-state index in [0.717, 1.165) is 22.8 Å². The maximum absolute atomic E-state index is 5.36. The molecule has 0 amide bonds. The fraction of sp³-hybridized carbons (Fsp3) is 1.00. The number of hydrogen-bond donors (Lipinski definition) is 0. The summed E-state index contributed by atoms with van der Waals surface area (Å²) in [5.74, 6) is 0. The molecule has 0 aliphatic heterocycles. The topological polar surface area (TPSA) is 18.5 Å². The molecule has 3 heteroatoms. The van der Waals surface area contributed by atoms with Gasteiger partial charge in [-0.05, 0) is 0 Å². The maximum atomic E-state index is 5.36. The van der Waals surface area contributed by atoms with Gasteiger partial charge in [-0.15, -0.1) is 0 Å². The molecule has 0 saturated carbocycles. The van der Waals surface area contributed by atoms with Crippen molar-refractivity contribution in [2.24, 2.45) is 0 Å². The first kappa shape index (κ1) is 17.4. The van der Waals surface area contributed by atoms with Gasteiger partial charge in [0.15, 0.2) is 0 Å². The molecule has 0 aromatic carbocycles. The fourth-order valence-electron chi connectivity index (χ4n) is 1.89. The molecule has 0 aromatic heterocycles. The Morgan fingerprint density at radius 2 is 1.24 bits per heavy atom. The van der Waals surface area contributed by atoms with Crippen molar-refractivity contribution in [1.29, 1.82) is 0 Å². The van der Waals surface area contributed by atoms with Gasteiger partial charge < -0.3 is 0 Å². The Bertz CT molecular complexity index is 137. The fourth-order valence-corrected chi connectivity index (χ4v) is 5.20. The Kier molecular flexibility index (Phi) is 13.2. The van der Waals surface area contributed by atoms with Crippen LogP contribution in [0.25, 0.3) is 0 Å². The second-order valence-electron chi connectivity index (χ2n) is 4.58. The van der Waals surface area contributed by atoms with Gasteiger partial charge in [-0.1, -0.05) is 0 Å². The normalized spacial score (nSPS) is 14.8. The minimum atomic E-state index is 0.663. The predicted octanol–water partition coefficient (Wildman–Crippen LogP) is 3.94. The van der Waals surface area contributed by atoms with E-state index in [4.69, 9.17) is 9.47 Å². The summed E-state index contributed by atoms with van der Waals surface area (Å²) < 4.78 is 10.7. The van der Waals surface area contributed by atoms with E-state index in [2.05, 4.69) is 13.8 Å². The van der Waals surface area contributed by atoms with Crippen LogP contribution in [-0.4, -0.2) is 42.4 Å². The molecule has 2 nitrogen and oxygen atoms in total. The van der Waals surface area contributed by atoms with Crippen molar-refractivity contribution in [2.45, 2.75) is 62.0 Å². The number of hydrogen-bond acceptors (Lipinski definition) is 2. The van der Waals surface area contributed by atoms with Gasteiger partial charge in [-0.3, -0.25) is 0 Å². The first-order valence-corrected chi connectivity index (χ1v) is 8.89. The average Bonchev–Trinajstić information content (AvgIpc) is 2.33. The Morgan fingerprint density at radius 1 is 0.824 bits per heavy atom. The van der Waals surface area contributed by atoms with E-state index in [1.165, 1.54) is 38.5 Å². The van der Waals surface area contributed by atoms with Crippen molar-refractivity contribution in [2.75, 3.05) is 27.4 Å². The monoisotopic (exact) mass is 310 g/mol. The van der Waals surface area contributed by atoms with Crippen LogP contribution in [0.1, 0.15) is 52.4 Å². The Morgan fingerprint density at radius 3 is 1.53 bits per heavy atom. The molecule has 2 atom stereocenters. The standard InChI is InChI=1S/C14H30O2Se/c1-5-7-9-13(11-15-3)17-14(12-16-4)10-8-6-2/h13-14H,5-12H2,1-4H3. The third kappa shape index (κ3) is 10.1. The van der Waals surface area contributed by atoms with E-state index in [9.17, 15) is 0 Å². The molecule has 0 spiro atoms. The van der Waals surface area contributed by atoms with Crippen LogP contribution >= 0.6 is 0 Å². The summed E-state index contributed by atoms with van der Waals surface area (Å²) in [4.78, 5) is 1.56. The van der Waals surface area contributed by atoms with Gasteiger partial charge >= 0.3 is 114 Å². The summed E-state index contributed by atoms with van der Waals surface area (Å²) >= 11 is 0.663. The SMILES string of the molecule is CCCCC(COC)[Se]C(CCCC)COC. The summed E-state index contributed by atoms with van der Waals surface area (Å²) in [6, 6.07) is 0. The molecule has 0 radical (unpaired) electrons. The zero-order valence-electron chi connectivity index (χ0n) is 12.0. The van der Waals surface area contributed by atoms with Gasteiger partial charge in [-0.2, -0.15) is 0 Å². The van der Waals surface area contributed by atoms with Crippen LogP contribution in [0, 0.1) is 0 Å². The van der Waals surface area contributed by atoms with Crippen LogP contribution in [-0.2, 0) is 9.47 Å². The minimum absolute atomic E-state index is 0.663. The van der Waals surface area contributed by atoms with Gasteiger partial charge in [-0.25, -0.2) is 0 Å². The molecule has 104 valence electrons. The van der Waals surface area contributed by atoms with Crippen molar-refractivity contribution in [3.63, 3.8) is 0 Å². The molecule has 0 rings (SSSR count). The Hall–Kier alpha value is 0.439. The first-order valence-electron chi connectivity index (χ1n) is 6.91. The molecule has 0 aromatic rings. The average molecular weight is 309 g/mol. The van der Waals surface area contributed by atoms with Crippen LogP contribution < -0.4 is 0 Å². The first-order chi connectivity index (χ1) is 8.28. The van der Waals surface area contributed by atoms with Gasteiger partial charge in [0, 0.05) is 0 Å². The molecule has 0 bridgehead atoms. The molecule has 0 aliphatic carbocycles. The number of rotatable bonds is 12. The van der Waals surface area contributed by atoms with Crippen LogP contribution in [0.15, 0.2) is 0 Å². The van der Waals surface area contributed by atoms with E-state index in [-0.39, 0.29) is 0 Å². The molecule has 2 unspecified atom stereocenters. The van der Waals surface area contributed by atoms with Crippen molar-refractivity contribution in [3.8, 4) is 0 Å². The summed E-state index contributed by atoms with van der Waals surface area (Å²) in [5, 5.41) is 0. The van der Waals surface area contributed by atoms with Crippen LogP contribution in [0.4, 0.5) is 0 Å². The molecule has 0 saturated heterocycles. The number of ether oxygens (including phenoxy) is 2. The second kappa shape index (κ2) is 12.9. The summed E-state index contributed by atoms with van der Waals surface area (Å²) in [6.07, 6.45) is 7.92. The van der Waals surface area contributed by atoms with Crippen molar-refractivity contribution < 1.29 is 9.47 Å². The summed E-state index contributed by atoms with van der Waals surface area (Å²) in [7, 11) is 3.65. The van der Waals surface area contributed by atoms with Crippen LogP contribution in [0.5, 0.6) is 0 Å². The second-order valence-corrected chi connectivity index (χ2v) is 7.94. The molecular formula is C14H30O2Se. The van der Waals surface area contributed by atoms with E-state index < -0.39 is 0 Å². The van der Waals surface area contributed by atoms with E-state index in [1.807, 2.05) is 14.2 Å².